The first kappa shape index (κ1) is 17.0. The summed E-state index contributed by atoms with van der Waals surface area (Å²) in [6, 6.07) is 13.4. The number of nitrogens with one attached hydrogen (secondary N) is 2. The van der Waals surface area contributed by atoms with Gasteiger partial charge in [0.1, 0.15) is 0 Å². The SMILES string of the molecule is Cc1cccc(C(C)C)c1NC(=O)Nc1ccc(C(C)N)cc1. The molecule has 122 valence electrons. The predicted molar refractivity (Wildman–Crippen MR) is 97.0 cm³/mol. The second kappa shape index (κ2) is 7.29. The fourth-order valence-electron chi connectivity index (χ4n) is 2.49. The monoisotopic (exact) mass is 311 g/mol. The van der Waals surface area contributed by atoms with Gasteiger partial charge in [0.15, 0.2) is 0 Å². The summed E-state index contributed by atoms with van der Waals surface area (Å²) in [6.07, 6.45) is 0. The van der Waals surface area contributed by atoms with Crippen molar-refractivity contribution < 1.29 is 4.79 Å². The predicted octanol–water partition coefficient (Wildman–Crippen LogP) is 4.78. The van der Waals surface area contributed by atoms with E-state index in [9.17, 15) is 4.79 Å². The number of para-hydroxylation sites is 1. The molecule has 0 heterocycles. The van der Waals surface area contributed by atoms with Gasteiger partial charge in [-0.15, -0.1) is 0 Å². The number of anilines is 2. The largest absolute Gasteiger partial charge is 0.324 e. The molecule has 0 aliphatic heterocycles. The molecule has 23 heavy (non-hydrogen) atoms. The topological polar surface area (TPSA) is 67.2 Å². The second-order valence-electron chi connectivity index (χ2n) is 6.18. The van der Waals surface area contributed by atoms with Gasteiger partial charge < -0.3 is 16.4 Å². The number of amides is 2. The summed E-state index contributed by atoms with van der Waals surface area (Å²) in [5.74, 6) is 0.343. The molecule has 0 fully saturated rings. The molecular weight excluding hydrogens is 286 g/mol. The van der Waals surface area contributed by atoms with Crippen molar-refractivity contribution in [3.8, 4) is 0 Å². The van der Waals surface area contributed by atoms with Crippen LogP contribution in [0.1, 0.15) is 49.4 Å². The molecule has 4 heteroatoms. The summed E-state index contributed by atoms with van der Waals surface area (Å²) in [6.45, 7) is 8.16. The zero-order chi connectivity index (χ0) is 17.0. The van der Waals surface area contributed by atoms with Gasteiger partial charge in [-0.2, -0.15) is 0 Å². The maximum absolute atomic E-state index is 12.3. The number of hydrogen-bond donors (Lipinski definition) is 3. The number of carbonyl (C=O) groups is 1. The summed E-state index contributed by atoms with van der Waals surface area (Å²) in [7, 11) is 0. The van der Waals surface area contributed by atoms with Gasteiger partial charge in [0.25, 0.3) is 0 Å². The highest BCUT2D eigenvalue weighted by atomic mass is 16.2. The van der Waals surface area contributed by atoms with Crippen molar-refractivity contribution in [1.82, 2.24) is 0 Å². The minimum atomic E-state index is -0.241. The van der Waals surface area contributed by atoms with Crippen molar-refractivity contribution in [1.29, 1.82) is 0 Å². The molecule has 0 spiro atoms. The first-order valence-electron chi connectivity index (χ1n) is 7.91. The van der Waals surface area contributed by atoms with Crippen LogP contribution in [0.3, 0.4) is 0 Å². The standard InChI is InChI=1S/C19H25N3O/c1-12(2)17-7-5-6-13(3)18(17)22-19(23)21-16-10-8-15(9-11-16)14(4)20/h5-12,14H,20H2,1-4H3,(H2,21,22,23). The Bertz CT molecular complexity index is 676. The quantitative estimate of drug-likeness (QED) is 0.760. The number of urea groups is 1. The van der Waals surface area contributed by atoms with Gasteiger partial charge in [-0.25, -0.2) is 4.79 Å². The van der Waals surface area contributed by atoms with Crippen LogP contribution in [0.4, 0.5) is 16.2 Å². The molecule has 0 radical (unpaired) electrons. The Balaban J connectivity index is 2.11. The van der Waals surface area contributed by atoms with E-state index in [1.54, 1.807) is 0 Å². The lowest BCUT2D eigenvalue weighted by Crippen LogP contribution is -2.21. The maximum atomic E-state index is 12.3. The van der Waals surface area contributed by atoms with Gasteiger partial charge in [0.05, 0.1) is 0 Å². The van der Waals surface area contributed by atoms with Gasteiger partial charge in [0.2, 0.25) is 0 Å². The van der Waals surface area contributed by atoms with Gasteiger partial charge >= 0.3 is 6.03 Å². The van der Waals surface area contributed by atoms with Crippen LogP contribution < -0.4 is 16.4 Å². The van der Waals surface area contributed by atoms with E-state index in [2.05, 4.69) is 24.5 Å². The molecule has 0 aromatic heterocycles. The Kier molecular flexibility index (Phi) is 5.40. The van der Waals surface area contributed by atoms with Crippen molar-refractivity contribution in [2.24, 2.45) is 5.73 Å². The molecule has 0 saturated heterocycles. The Labute approximate surface area is 138 Å². The molecule has 2 amide bonds. The smallest absolute Gasteiger partial charge is 0.323 e. The van der Waals surface area contributed by atoms with Crippen LogP contribution in [0, 0.1) is 6.92 Å². The van der Waals surface area contributed by atoms with Crippen molar-refractivity contribution in [3.05, 3.63) is 59.2 Å². The van der Waals surface area contributed by atoms with Gasteiger partial charge in [0, 0.05) is 17.4 Å². The lowest BCUT2D eigenvalue weighted by Gasteiger charge is -2.17. The lowest BCUT2D eigenvalue weighted by molar-refractivity contribution is 0.262. The second-order valence-corrected chi connectivity index (χ2v) is 6.18. The van der Waals surface area contributed by atoms with Crippen molar-refractivity contribution in [2.75, 3.05) is 10.6 Å². The zero-order valence-electron chi connectivity index (χ0n) is 14.2. The van der Waals surface area contributed by atoms with Gasteiger partial charge in [-0.3, -0.25) is 0 Å². The van der Waals surface area contributed by atoms with Crippen LogP contribution in [-0.2, 0) is 0 Å². The van der Waals surface area contributed by atoms with E-state index in [1.165, 1.54) is 0 Å². The summed E-state index contributed by atoms with van der Waals surface area (Å²) in [5, 5.41) is 5.83. The molecule has 2 rings (SSSR count). The molecule has 1 unspecified atom stereocenters. The van der Waals surface area contributed by atoms with Gasteiger partial charge in [-0.05, 0) is 48.6 Å². The van der Waals surface area contributed by atoms with E-state index in [0.717, 1.165) is 28.1 Å². The summed E-state index contributed by atoms with van der Waals surface area (Å²) in [5.41, 5.74) is 10.7. The fraction of sp³-hybridized carbons (Fsp3) is 0.316. The van der Waals surface area contributed by atoms with Crippen molar-refractivity contribution in [3.63, 3.8) is 0 Å². The van der Waals surface area contributed by atoms with Crippen LogP contribution in [0.15, 0.2) is 42.5 Å². The van der Waals surface area contributed by atoms with Crippen molar-refractivity contribution >= 4 is 17.4 Å². The molecule has 4 N–H and O–H groups in total. The van der Waals surface area contributed by atoms with E-state index in [1.807, 2.05) is 56.3 Å². The minimum Gasteiger partial charge on any atom is -0.324 e. The average molecular weight is 311 g/mol. The number of benzene rings is 2. The highest BCUT2D eigenvalue weighted by Gasteiger charge is 2.12. The minimum absolute atomic E-state index is 0.0153. The summed E-state index contributed by atoms with van der Waals surface area (Å²) in [4.78, 5) is 12.3. The first-order valence-corrected chi connectivity index (χ1v) is 7.91. The number of hydrogen-bond acceptors (Lipinski definition) is 2. The van der Waals surface area contributed by atoms with E-state index < -0.39 is 0 Å². The van der Waals surface area contributed by atoms with E-state index in [4.69, 9.17) is 5.73 Å². The summed E-state index contributed by atoms with van der Waals surface area (Å²) >= 11 is 0. The van der Waals surface area contributed by atoms with Crippen molar-refractivity contribution in [2.45, 2.75) is 39.7 Å². The Hall–Kier alpha value is -2.33. The Morgan fingerprint density at radius 3 is 2.22 bits per heavy atom. The fourth-order valence-corrected chi connectivity index (χ4v) is 2.49. The number of rotatable bonds is 4. The molecule has 4 nitrogen and oxygen atoms in total. The molecule has 2 aromatic rings. The molecule has 0 aliphatic rings. The van der Waals surface area contributed by atoms with Crippen LogP contribution >= 0.6 is 0 Å². The average Bonchev–Trinajstić information content (AvgIpc) is 2.49. The van der Waals surface area contributed by atoms with Crippen LogP contribution in [0.5, 0.6) is 0 Å². The number of aryl methyl sites for hydroxylation is 1. The zero-order valence-corrected chi connectivity index (χ0v) is 14.2. The lowest BCUT2D eigenvalue weighted by atomic mass is 9.98. The van der Waals surface area contributed by atoms with E-state index in [-0.39, 0.29) is 12.1 Å². The molecule has 0 bridgehead atoms. The molecule has 2 aromatic carbocycles. The van der Waals surface area contributed by atoms with Crippen LogP contribution in [0.2, 0.25) is 0 Å². The Morgan fingerprint density at radius 1 is 1.00 bits per heavy atom. The normalized spacial score (nSPS) is 12.1. The molecular formula is C19H25N3O. The molecule has 1 atom stereocenters. The Morgan fingerprint density at radius 2 is 1.65 bits per heavy atom. The highest BCUT2D eigenvalue weighted by Crippen LogP contribution is 2.27. The highest BCUT2D eigenvalue weighted by molar-refractivity contribution is 6.00. The van der Waals surface area contributed by atoms with Gasteiger partial charge in [-0.1, -0.05) is 44.2 Å². The third kappa shape index (κ3) is 4.33. The maximum Gasteiger partial charge on any atom is 0.323 e. The first-order chi connectivity index (χ1) is 10.9. The van der Waals surface area contributed by atoms with Crippen LogP contribution in [0.25, 0.3) is 0 Å². The number of carbonyl (C=O) groups excluding carboxylic acids is 1. The molecule has 0 aliphatic carbocycles. The van der Waals surface area contributed by atoms with Crippen LogP contribution in [-0.4, -0.2) is 6.03 Å². The number of nitrogens with two attached hydrogens (primary N) is 1. The van der Waals surface area contributed by atoms with E-state index in [0.29, 0.717) is 5.92 Å². The third-order valence-corrected chi connectivity index (χ3v) is 3.86. The summed E-state index contributed by atoms with van der Waals surface area (Å²) < 4.78 is 0. The van der Waals surface area contributed by atoms with E-state index >= 15 is 0 Å². The molecule has 0 saturated carbocycles. The third-order valence-electron chi connectivity index (χ3n) is 3.86.